The first kappa shape index (κ1) is 13.9. The molecule has 0 amide bonds. The van der Waals surface area contributed by atoms with Crippen LogP contribution < -0.4 is 5.32 Å². The van der Waals surface area contributed by atoms with Crippen LogP contribution in [0.2, 0.25) is 0 Å². The Labute approximate surface area is 99.6 Å². The minimum atomic E-state index is -0.573. The van der Waals surface area contributed by atoms with Crippen LogP contribution in [0.4, 0.5) is 0 Å². The Balaban J connectivity index is 2.13. The number of aliphatic hydroxyl groups is 1. The van der Waals surface area contributed by atoms with Crippen molar-refractivity contribution in [3.05, 3.63) is 0 Å². The van der Waals surface area contributed by atoms with Crippen molar-refractivity contribution in [1.29, 1.82) is 0 Å². The third-order valence-corrected chi connectivity index (χ3v) is 3.15. The molecule has 1 rings (SSSR count). The normalized spacial score (nSPS) is 29.6. The molecule has 0 aromatic heterocycles. The van der Waals surface area contributed by atoms with Crippen LogP contribution in [0.25, 0.3) is 0 Å². The highest BCUT2D eigenvalue weighted by Crippen LogP contribution is 2.27. The highest BCUT2D eigenvalue weighted by atomic mass is 16.5. The molecule has 3 nitrogen and oxygen atoms in total. The molecule has 1 saturated carbocycles. The average Bonchev–Trinajstić information content (AvgIpc) is 2.07. The number of hydrogen-bond donors (Lipinski definition) is 2. The lowest BCUT2D eigenvalue weighted by Gasteiger charge is -2.40. The van der Waals surface area contributed by atoms with Crippen LogP contribution in [0, 0.1) is 0 Å². The maximum atomic E-state index is 9.85. The number of ether oxygens (including phenoxy) is 1. The summed E-state index contributed by atoms with van der Waals surface area (Å²) in [6.07, 6.45) is 3.31. The van der Waals surface area contributed by atoms with Gasteiger partial charge in [-0.3, -0.25) is 0 Å². The molecule has 1 atom stereocenters. The van der Waals surface area contributed by atoms with Gasteiger partial charge in [0, 0.05) is 12.6 Å². The SMILES string of the molecule is CCC(C)(O)CNC1CC(OC(C)(C)C)C1. The van der Waals surface area contributed by atoms with Gasteiger partial charge in [0.15, 0.2) is 0 Å². The second-order valence-electron chi connectivity index (χ2n) is 6.25. The Morgan fingerprint density at radius 3 is 2.25 bits per heavy atom. The highest BCUT2D eigenvalue weighted by Gasteiger charge is 2.33. The zero-order valence-electron chi connectivity index (χ0n) is 11.3. The van der Waals surface area contributed by atoms with E-state index in [0.717, 1.165) is 19.3 Å². The molecule has 1 unspecified atom stereocenters. The van der Waals surface area contributed by atoms with Crippen molar-refractivity contribution in [2.45, 2.75) is 77.2 Å². The number of nitrogens with one attached hydrogen (secondary N) is 1. The summed E-state index contributed by atoms with van der Waals surface area (Å²) >= 11 is 0. The van der Waals surface area contributed by atoms with Crippen LogP contribution in [0.5, 0.6) is 0 Å². The standard InChI is InChI=1S/C13H27NO2/c1-6-13(5,15)9-14-10-7-11(8-10)16-12(2,3)4/h10-11,14-15H,6-9H2,1-5H3. The first-order valence-corrected chi connectivity index (χ1v) is 6.35. The second-order valence-corrected chi connectivity index (χ2v) is 6.25. The number of rotatable bonds is 5. The van der Waals surface area contributed by atoms with Gasteiger partial charge in [-0.05, 0) is 47.0 Å². The van der Waals surface area contributed by atoms with Gasteiger partial charge >= 0.3 is 0 Å². The zero-order valence-corrected chi connectivity index (χ0v) is 11.3. The molecule has 3 heteroatoms. The van der Waals surface area contributed by atoms with E-state index in [4.69, 9.17) is 4.74 Å². The molecule has 1 aliphatic rings. The highest BCUT2D eigenvalue weighted by molar-refractivity contribution is 4.89. The monoisotopic (exact) mass is 229 g/mol. The van der Waals surface area contributed by atoms with Crippen LogP contribution >= 0.6 is 0 Å². The summed E-state index contributed by atoms with van der Waals surface area (Å²) in [5.41, 5.74) is -0.611. The summed E-state index contributed by atoms with van der Waals surface area (Å²) in [6.45, 7) is 10.8. The summed E-state index contributed by atoms with van der Waals surface area (Å²) in [7, 11) is 0. The van der Waals surface area contributed by atoms with Gasteiger partial charge in [-0.25, -0.2) is 0 Å². The van der Waals surface area contributed by atoms with Gasteiger partial charge in [-0.15, -0.1) is 0 Å². The van der Waals surface area contributed by atoms with E-state index in [1.807, 2.05) is 13.8 Å². The third kappa shape index (κ3) is 4.81. The van der Waals surface area contributed by atoms with Gasteiger partial charge < -0.3 is 15.2 Å². The Morgan fingerprint density at radius 2 is 1.81 bits per heavy atom. The van der Waals surface area contributed by atoms with Crippen molar-refractivity contribution in [3.8, 4) is 0 Å². The molecule has 16 heavy (non-hydrogen) atoms. The Morgan fingerprint density at radius 1 is 1.25 bits per heavy atom. The average molecular weight is 229 g/mol. The van der Waals surface area contributed by atoms with E-state index in [0.29, 0.717) is 18.7 Å². The van der Waals surface area contributed by atoms with Crippen molar-refractivity contribution < 1.29 is 9.84 Å². The molecule has 0 aromatic rings. The summed E-state index contributed by atoms with van der Waals surface area (Å²) in [5.74, 6) is 0. The number of hydrogen-bond acceptors (Lipinski definition) is 3. The third-order valence-electron chi connectivity index (χ3n) is 3.15. The summed E-state index contributed by atoms with van der Waals surface area (Å²) in [4.78, 5) is 0. The van der Waals surface area contributed by atoms with E-state index in [9.17, 15) is 5.11 Å². The molecule has 1 fully saturated rings. The Bertz CT molecular complexity index is 214. The molecule has 0 bridgehead atoms. The summed E-state index contributed by atoms with van der Waals surface area (Å²) < 4.78 is 5.86. The van der Waals surface area contributed by atoms with Gasteiger partial charge in [0.1, 0.15) is 0 Å². The van der Waals surface area contributed by atoms with Gasteiger partial charge in [0.2, 0.25) is 0 Å². The van der Waals surface area contributed by atoms with Crippen molar-refractivity contribution >= 4 is 0 Å². The maximum Gasteiger partial charge on any atom is 0.0741 e. The molecular weight excluding hydrogens is 202 g/mol. The van der Waals surface area contributed by atoms with E-state index in [2.05, 4.69) is 26.1 Å². The van der Waals surface area contributed by atoms with Crippen molar-refractivity contribution in [3.63, 3.8) is 0 Å². The molecule has 0 aromatic carbocycles. The Kier molecular flexibility index (Phi) is 4.38. The molecule has 0 aliphatic heterocycles. The molecule has 0 radical (unpaired) electrons. The fourth-order valence-corrected chi connectivity index (χ4v) is 1.82. The fourth-order valence-electron chi connectivity index (χ4n) is 1.82. The molecule has 0 heterocycles. The predicted octanol–water partition coefficient (Wildman–Crippen LogP) is 2.08. The molecule has 2 N–H and O–H groups in total. The molecule has 1 aliphatic carbocycles. The van der Waals surface area contributed by atoms with E-state index in [1.165, 1.54) is 0 Å². The first-order chi connectivity index (χ1) is 7.22. The second kappa shape index (κ2) is 5.03. The van der Waals surface area contributed by atoms with Crippen molar-refractivity contribution in [2.75, 3.05) is 6.54 Å². The lowest BCUT2D eigenvalue weighted by Crippen LogP contribution is -2.51. The summed E-state index contributed by atoms with van der Waals surface area (Å²) in [5, 5.41) is 13.2. The minimum absolute atomic E-state index is 0.0372. The van der Waals surface area contributed by atoms with Crippen LogP contribution in [0.15, 0.2) is 0 Å². The van der Waals surface area contributed by atoms with Gasteiger partial charge in [0.05, 0.1) is 17.3 Å². The van der Waals surface area contributed by atoms with Crippen LogP contribution in [0.3, 0.4) is 0 Å². The molecular formula is C13H27NO2. The van der Waals surface area contributed by atoms with Crippen LogP contribution in [-0.2, 0) is 4.74 Å². The first-order valence-electron chi connectivity index (χ1n) is 6.35. The van der Waals surface area contributed by atoms with Gasteiger partial charge in [-0.2, -0.15) is 0 Å². The molecule has 0 saturated heterocycles. The Hall–Kier alpha value is -0.120. The van der Waals surface area contributed by atoms with Crippen molar-refractivity contribution in [1.82, 2.24) is 5.32 Å². The molecule has 96 valence electrons. The summed E-state index contributed by atoms with van der Waals surface area (Å²) in [6, 6.07) is 0.519. The van der Waals surface area contributed by atoms with Crippen LogP contribution in [0.1, 0.15) is 53.9 Å². The zero-order chi connectivity index (χ0) is 12.4. The smallest absolute Gasteiger partial charge is 0.0741 e. The van der Waals surface area contributed by atoms with Crippen LogP contribution in [-0.4, -0.2) is 35.0 Å². The van der Waals surface area contributed by atoms with E-state index in [1.54, 1.807) is 0 Å². The quantitative estimate of drug-likeness (QED) is 0.758. The molecule has 0 spiro atoms. The maximum absolute atomic E-state index is 9.85. The predicted molar refractivity (Wildman–Crippen MR) is 66.6 cm³/mol. The largest absolute Gasteiger partial charge is 0.389 e. The van der Waals surface area contributed by atoms with Gasteiger partial charge in [-0.1, -0.05) is 6.92 Å². The fraction of sp³-hybridized carbons (Fsp3) is 1.00. The van der Waals surface area contributed by atoms with E-state index in [-0.39, 0.29) is 5.60 Å². The van der Waals surface area contributed by atoms with Gasteiger partial charge in [0.25, 0.3) is 0 Å². The lowest BCUT2D eigenvalue weighted by atomic mass is 9.88. The topological polar surface area (TPSA) is 41.5 Å². The lowest BCUT2D eigenvalue weighted by molar-refractivity contribution is -0.104. The minimum Gasteiger partial charge on any atom is -0.389 e. The van der Waals surface area contributed by atoms with E-state index >= 15 is 0 Å². The van der Waals surface area contributed by atoms with E-state index < -0.39 is 5.60 Å². The van der Waals surface area contributed by atoms with Crippen molar-refractivity contribution in [2.24, 2.45) is 0 Å².